The Morgan fingerprint density at radius 3 is 2.21 bits per heavy atom. The highest BCUT2D eigenvalue weighted by atomic mass is 32.7. The molecule has 0 aromatic rings. The molecule has 0 N–H and O–H groups in total. The number of rotatable bonds is 7. The van der Waals surface area contributed by atoms with Crippen LogP contribution in [-0.2, 0) is 24.4 Å². The monoisotopic (exact) mass is 260 g/mol. The fourth-order valence-electron chi connectivity index (χ4n) is 0.647. The van der Waals surface area contributed by atoms with E-state index >= 15 is 0 Å². The molecule has 0 aromatic heterocycles. The van der Waals surface area contributed by atoms with Crippen LogP contribution < -0.4 is 0 Å². The van der Waals surface area contributed by atoms with Crippen molar-refractivity contribution in [2.75, 3.05) is 25.7 Å². The van der Waals surface area contributed by atoms with Gasteiger partial charge in [0.1, 0.15) is 0 Å². The lowest BCUT2D eigenvalue weighted by molar-refractivity contribution is 0.295. The molecule has 0 bridgehead atoms. The molecule has 0 fully saturated rings. The van der Waals surface area contributed by atoms with Crippen molar-refractivity contribution in [3.8, 4) is 0 Å². The van der Waals surface area contributed by atoms with Crippen LogP contribution in [0, 0.1) is 0 Å². The van der Waals surface area contributed by atoms with E-state index in [1.54, 1.807) is 0 Å². The van der Waals surface area contributed by atoms with Gasteiger partial charge < -0.3 is 9.05 Å². The van der Waals surface area contributed by atoms with E-state index in [4.69, 9.17) is 9.05 Å². The van der Waals surface area contributed by atoms with Crippen molar-refractivity contribution in [2.24, 2.45) is 0 Å². The maximum atomic E-state index is 11.5. The van der Waals surface area contributed by atoms with Crippen LogP contribution in [0.3, 0.4) is 0 Å². The zero-order valence-electron chi connectivity index (χ0n) is 8.89. The Balaban J connectivity index is 3.84. The van der Waals surface area contributed by atoms with E-state index in [-0.39, 0.29) is 5.25 Å². The Morgan fingerprint density at radius 2 is 1.86 bits per heavy atom. The number of hydrogen-bond acceptors (Lipinski definition) is 5. The Bertz CT molecular complexity index is 224. The minimum absolute atomic E-state index is 0.139. The summed E-state index contributed by atoms with van der Waals surface area (Å²) in [5.74, 6) is 1.03. The van der Waals surface area contributed by atoms with Gasteiger partial charge in [0.15, 0.2) is 0 Å². The summed E-state index contributed by atoms with van der Waals surface area (Å²) in [6.45, 7) is 0.806. The average molecular weight is 260 g/mol. The highest BCUT2D eigenvalue weighted by Gasteiger charge is 2.21. The van der Waals surface area contributed by atoms with Crippen LogP contribution in [0.4, 0.5) is 0 Å². The van der Waals surface area contributed by atoms with Gasteiger partial charge in [-0.3, -0.25) is 4.21 Å². The maximum Gasteiger partial charge on any atom is 0.388 e. The second-order valence-electron chi connectivity index (χ2n) is 2.78. The van der Waals surface area contributed by atoms with Gasteiger partial charge in [-0.15, -0.1) is 0 Å². The van der Waals surface area contributed by atoms with Gasteiger partial charge in [-0.05, 0) is 11.4 Å². The lowest BCUT2D eigenvalue weighted by Crippen LogP contribution is -2.11. The van der Waals surface area contributed by atoms with Crippen molar-refractivity contribution < 1.29 is 17.8 Å². The summed E-state index contributed by atoms with van der Waals surface area (Å²) in [5.41, 5.74) is 0. The van der Waals surface area contributed by atoms with Gasteiger partial charge in [0, 0.05) is 41.8 Å². The van der Waals surface area contributed by atoms with Gasteiger partial charge in [0.25, 0.3) is 0 Å². The molecule has 1 unspecified atom stereocenters. The topological polar surface area (TPSA) is 52.6 Å². The first-order chi connectivity index (χ1) is 6.45. The van der Waals surface area contributed by atoms with Gasteiger partial charge in [-0.1, -0.05) is 13.8 Å². The maximum absolute atomic E-state index is 11.5. The van der Waals surface area contributed by atoms with Crippen molar-refractivity contribution >= 4 is 29.0 Å². The highest BCUT2D eigenvalue weighted by Crippen LogP contribution is 2.59. The van der Waals surface area contributed by atoms with E-state index in [1.165, 1.54) is 14.2 Å². The Hall–Kier alpha value is 0.650. The molecule has 0 aliphatic heterocycles. The third-order valence-electron chi connectivity index (χ3n) is 1.51. The molecule has 86 valence electrons. The predicted octanol–water partition coefficient (Wildman–Crippen LogP) is 2.28. The molecule has 1 atom stereocenters. The largest absolute Gasteiger partial charge is 0.388 e. The molecule has 0 aliphatic carbocycles. The van der Waals surface area contributed by atoms with E-state index in [0.717, 1.165) is 11.4 Å². The highest BCUT2D eigenvalue weighted by molar-refractivity contribution is 8.55. The van der Waals surface area contributed by atoms with Crippen LogP contribution in [0.2, 0.25) is 0 Å². The normalized spacial score (nSPS) is 14.6. The van der Waals surface area contributed by atoms with Gasteiger partial charge in [-0.2, -0.15) is 0 Å². The Labute approximate surface area is 91.9 Å². The molecule has 0 aromatic carbocycles. The number of hydrogen-bond donors (Lipinski definition) is 0. The fraction of sp³-hybridized carbons (Fsp3) is 1.00. The van der Waals surface area contributed by atoms with Crippen molar-refractivity contribution in [3.63, 3.8) is 0 Å². The standard InChI is InChI=1S/C7H17O4PS2/c1-7(2)14(9)6-5-13-12(8,10-3)11-4/h7H,5-6H2,1-4H3. The first kappa shape index (κ1) is 14.6. The molecular weight excluding hydrogens is 243 g/mol. The van der Waals surface area contributed by atoms with Gasteiger partial charge in [0.05, 0.1) is 0 Å². The van der Waals surface area contributed by atoms with Crippen LogP contribution in [0.15, 0.2) is 0 Å². The Kier molecular flexibility index (Phi) is 7.34. The summed E-state index contributed by atoms with van der Waals surface area (Å²) in [6, 6.07) is 0. The molecule has 0 saturated heterocycles. The van der Waals surface area contributed by atoms with Gasteiger partial charge in [0.2, 0.25) is 0 Å². The van der Waals surface area contributed by atoms with Crippen molar-refractivity contribution in [1.82, 2.24) is 0 Å². The van der Waals surface area contributed by atoms with E-state index in [1.807, 2.05) is 13.8 Å². The van der Waals surface area contributed by atoms with Crippen molar-refractivity contribution in [2.45, 2.75) is 19.1 Å². The first-order valence-corrected chi connectivity index (χ1v) is 8.70. The molecule has 4 nitrogen and oxygen atoms in total. The van der Waals surface area contributed by atoms with Gasteiger partial charge in [-0.25, -0.2) is 4.57 Å². The lowest BCUT2D eigenvalue weighted by atomic mass is 10.6. The molecule has 0 heterocycles. The summed E-state index contributed by atoms with van der Waals surface area (Å²) in [4.78, 5) is 0. The smallest absolute Gasteiger partial charge is 0.304 e. The van der Waals surface area contributed by atoms with E-state index < -0.39 is 17.6 Å². The summed E-state index contributed by atoms with van der Waals surface area (Å²) in [7, 11) is 1.82. The molecule has 0 aliphatic rings. The predicted molar refractivity (Wildman–Crippen MR) is 62.2 cm³/mol. The molecule has 0 radical (unpaired) electrons. The van der Waals surface area contributed by atoms with Crippen LogP contribution >= 0.6 is 18.2 Å². The van der Waals surface area contributed by atoms with Crippen molar-refractivity contribution in [1.29, 1.82) is 0 Å². The van der Waals surface area contributed by atoms with Crippen molar-refractivity contribution in [3.05, 3.63) is 0 Å². The van der Waals surface area contributed by atoms with Crippen LogP contribution in [0.1, 0.15) is 13.8 Å². The molecule has 0 spiro atoms. The lowest BCUT2D eigenvalue weighted by Gasteiger charge is -2.12. The summed E-state index contributed by atoms with van der Waals surface area (Å²) in [6.07, 6.45) is 0. The second kappa shape index (κ2) is 7.01. The fourth-order valence-corrected chi connectivity index (χ4v) is 4.63. The zero-order chi connectivity index (χ0) is 11.2. The third kappa shape index (κ3) is 5.51. The summed E-state index contributed by atoms with van der Waals surface area (Å²) in [5, 5.41) is 0.139. The quantitative estimate of drug-likeness (QED) is 0.657. The molecule has 0 saturated carbocycles. The Morgan fingerprint density at radius 1 is 1.36 bits per heavy atom. The van der Waals surface area contributed by atoms with Gasteiger partial charge >= 0.3 is 6.80 Å². The molecule has 0 rings (SSSR count). The third-order valence-corrected chi connectivity index (χ3v) is 7.41. The van der Waals surface area contributed by atoms with E-state index in [0.29, 0.717) is 11.5 Å². The molecule has 0 amide bonds. The van der Waals surface area contributed by atoms with Crippen LogP contribution in [0.25, 0.3) is 0 Å². The van der Waals surface area contributed by atoms with E-state index in [2.05, 4.69) is 0 Å². The van der Waals surface area contributed by atoms with Crippen LogP contribution in [-0.4, -0.2) is 35.2 Å². The summed E-state index contributed by atoms with van der Waals surface area (Å²) >= 11 is 1.09. The van der Waals surface area contributed by atoms with Crippen LogP contribution in [0.5, 0.6) is 0 Å². The SMILES string of the molecule is COP(=O)(OC)SCCS(=O)C(C)C. The second-order valence-corrected chi connectivity index (χ2v) is 9.30. The molecular formula is C7H17O4PS2. The van der Waals surface area contributed by atoms with E-state index in [9.17, 15) is 8.77 Å². The zero-order valence-corrected chi connectivity index (χ0v) is 11.4. The molecule has 7 heteroatoms. The average Bonchev–Trinajstić information content (AvgIpc) is 2.17. The summed E-state index contributed by atoms with van der Waals surface area (Å²) < 4.78 is 32.3. The molecule has 14 heavy (non-hydrogen) atoms. The minimum Gasteiger partial charge on any atom is -0.304 e. The minimum atomic E-state index is -2.99. The first-order valence-electron chi connectivity index (χ1n) is 4.18.